The van der Waals surface area contributed by atoms with Gasteiger partial charge in [0.2, 0.25) is 0 Å². The molecule has 2 aliphatic rings. The average Bonchev–Trinajstić information content (AvgIpc) is 3.40. The third kappa shape index (κ3) is 4.29. The molecule has 2 aliphatic heterocycles. The standard InChI is InChI=1S/C28H26N2O6S/c1-14(2)17-5-7-18(8-6-17)23-22(24(32)19-9-10-20-21(13-19)36-12-11-35-20)25(33)27(34)30(23)28-29-15(3)26(37-28)16(4)31/h5-10,13-14,23,32H,11-12H2,1-4H3/t23-/m1/s1. The van der Waals surface area contributed by atoms with Gasteiger partial charge in [-0.05, 0) is 42.2 Å². The summed E-state index contributed by atoms with van der Waals surface area (Å²) in [6, 6.07) is 11.5. The van der Waals surface area contributed by atoms with Crippen molar-refractivity contribution in [2.45, 2.75) is 39.7 Å². The van der Waals surface area contributed by atoms with Crippen molar-refractivity contribution in [2.24, 2.45) is 0 Å². The molecule has 8 nitrogen and oxygen atoms in total. The maximum Gasteiger partial charge on any atom is 0.301 e. The highest BCUT2D eigenvalue weighted by Crippen LogP contribution is 2.45. The molecule has 1 atom stereocenters. The highest BCUT2D eigenvalue weighted by Gasteiger charge is 2.48. The van der Waals surface area contributed by atoms with E-state index in [4.69, 9.17) is 9.47 Å². The zero-order chi connectivity index (χ0) is 26.4. The molecule has 37 heavy (non-hydrogen) atoms. The van der Waals surface area contributed by atoms with Gasteiger partial charge in [-0.25, -0.2) is 4.98 Å². The molecule has 0 bridgehead atoms. The van der Waals surface area contributed by atoms with Gasteiger partial charge in [0.15, 0.2) is 22.4 Å². The van der Waals surface area contributed by atoms with Crippen molar-refractivity contribution in [1.82, 2.24) is 4.98 Å². The van der Waals surface area contributed by atoms with Crippen LogP contribution in [0.15, 0.2) is 48.0 Å². The summed E-state index contributed by atoms with van der Waals surface area (Å²) in [5, 5.41) is 11.6. The molecule has 0 saturated carbocycles. The largest absolute Gasteiger partial charge is 0.507 e. The first-order valence-corrected chi connectivity index (χ1v) is 12.8. The minimum atomic E-state index is -0.931. The summed E-state index contributed by atoms with van der Waals surface area (Å²) < 4.78 is 11.2. The Hall–Kier alpha value is -3.98. The van der Waals surface area contributed by atoms with E-state index in [2.05, 4.69) is 18.8 Å². The molecule has 0 unspecified atom stereocenters. The zero-order valence-electron chi connectivity index (χ0n) is 20.9. The van der Waals surface area contributed by atoms with Gasteiger partial charge in [0.1, 0.15) is 19.0 Å². The van der Waals surface area contributed by atoms with Gasteiger partial charge in [0, 0.05) is 12.5 Å². The van der Waals surface area contributed by atoms with E-state index >= 15 is 0 Å². The highest BCUT2D eigenvalue weighted by molar-refractivity contribution is 7.18. The van der Waals surface area contributed by atoms with Crippen molar-refractivity contribution < 1.29 is 29.0 Å². The first-order chi connectivity index (χ1) is 17.7. The number of hydrogen-bond donors (Lipinski definition) is 1. The Morgan fingerprint density at radius 2 is 1.76 bits per heavy atom. The number of ether oxygens (including phenoxy) is 2. The predicted octanol–water partition coefficient (Wildman–Crippen LogP) is 5.18. The lowest BCUT2D eigenvalue weighted by Crippen LogP contribution is -2.29. The van der Waals surface area contributed by atoms with Gasteiger partial charge in [-0.15, -0.1) is 0 Å². The molecule has 2 aromatic carbocycles. The van der Waals surface area contributed by atoms with Crippen LogP contribution < -0.4 is 14.4 Å². The number of thiazole rings is 1. The first kappa shape index (κ1) is 24.7. The normalized spacial score (nSPS) is 18.5. The molecule has 5 rings (SSSR count). The summed E-state index contributed by atoms with van der Waals surface area (Å²) in [6.07, 6.45) is 0. The topological polar surface area (TPSA) is 106 Å². The van der Waals surface area contributed by atoms with Crippen LogP contribution in [-0.4, -0.2) is 40.8 Å². The Morgan fingerprint density at radius 3 is 2.38 bits per heavy atom. The molecule has 0 spiro atoms. The fourth-order valence-electron chi connectivity index (χ4n) is 4.57. The molecule has 1 fully saturated rings. The van der Waals surface area contributed by atoms with Crippen LogP contribution in [0.5, 0.6) is 11.5 Å². The molecular weight excluding hydrogens is 492 g/mol. The Morgan fingerprint density at radius 1 is 1.08 bits per heavy atom. The molecule has 0 aliphatic carbocycles. The minimum absolute atomic E-state index is 0.0591. The SMILES string of the molecule is CC(=O)c1sc(N2C(=O)C(=O)C(=C(O)c3ccc4c(c3)OCCO4)[C@H]2c2ccc(C(C)C)cc2)nc1C. The van der Waals surface area contributed by atoms with Gasteiger partial charge in [0.25, 0.3) is 5.78 Å². The summed E-state index contributed by atoms with van der Waals surface area (Å²) in [7, 11) is 0. The Labute approximate surface area is 218 Å². The van der Waals surface area contributed by atoms with Gasteiger partial charge in [0.05, 0.1) is 22.2 Å². The monoisotopic (exact) mass is 518 g/mol. The number of carbonyl (C=O) groups excluding carboxylic acids is 3. The highest BCUT2D eigenvalue weighted by atomic mass is 32.1. The van der Waals surface area contributed by atoms with E-state index < -0.39 is 17.7 Å². The van der Waals surface area contributed by atoms with Crippen LogP contribution >= 0.6 is 11.3 Å². The Balaban J connectivity index is 1.69. The zero-order valence-corrected chi connectivity index (χ0v) is 21.7. The van der Waals surface area contributed by atoms with Crippen molar-refractivity contribution in [1.29, 1.82) is 0 Å². The second-order valence-corrected chi connectivity index (χ2v) is 10.3. The van der Waals surface area contributed by atoms with E-state index in [1.165, 1.54) is 11.8 Å². The second kappa shape index (κ2) is 9.48. The predicted molar refractivity (Wildman–Crippen MR) is 140 cm³/mol. The maximum absolute atomic E-state index is 13.4. The van der Waals surface area contributed by atoms with Gasteiger partial charge in [-0.2, -0.15) is 0 Å². The number of hydrogen-bond acceptors (Lipinski definition) is 8. The van der Waals surface area contributed by atoms with Crippen LogP contribution in [0.3, 0.4) is 0 Å². The summed E-state index contributed by atoms with van der Waals surface area (Å²) in [5.41, 5.74) is 2.48. The lowest BCUT2D eigenvalue weighted by atomic mass is 9.93. The molecule has 3 heterocycles. The summed E-state index contributed by atoms with van der Waals surface area (Å²) in [4.78, 5) is 45.1. The van der Waals surface area contributed by atoms with E-state index in [1.54, 1.807) is 25.1 Å². The van der Waals surface area contributed by atoms with Gasteiger partial charge >= 0.3 is 5.91 Å². The van der Waals surface area contributed by atoms with E-state index in [0.717, 1.165) is 16.9 Å². The first-order valence-electron chi connectivity index (χ1n) is 12.0. The number of aliphatic hydroxyl groups excluding tert-OH is 1. The van der Waals surface area contributed by atoms with Crippen molar-refractivity contribution in [3.63, 3.8) is 0 Å². The number of benzene rings is 2. The third-order valence-electron chi connectivity index (χ3n) is 6.49. The van der Waals surface area contributed by atoms with E-state index in [9.17, 15) is 19.5 Å². The van der Waals surface area contributed by atoms with E-state index in [0.29, 0.717) is 46.4 Å². The second-order valence-electron chi connectivity index (χ2n) is 9.32. The number of fused-ring (bicyclic) bond motifs is 1. The molecule has 3 aromatic rings. The third-order valence-corrected chi connectivity index (χ3v) is 7.75. The average molecular weight is 519 g/mol. The lowest BCUT2D eigenvalue weighted by molar-refractivity contribution is -0.132. The number of nitrogens with zero attached hydrogens (tertiary/aromatic N) is 2. The Kier molecular flexibility index (Phi) is 6.33. The van der Waals surface area contributed by atoms with E-state index in [-0.39, 0.29) is 28.2 Å². The molecule has 1 amide bonds. The number of aromatic nitrogens is 1. The van der Waals surface area contributed by atoms with Crippen LogP contribution in [0.4, 0.5) is 5.13 Å². The lowest BCUT2D eigenvalue weighted by Gasteiger charge is -2.24. The number of carbonyl (C=O) groups is 3. The fraction of sp³-hybridized carbons (Fsp3) is 0.286. The van der Waals surface area contributed by atoms with Crippen LogP contribution in [0, 0.1) is 6.92 Å². The van der Waals surface area contributed by atoms with Crippen LogP contribution in [0.25, 0.3) is 5.76 Å². The van der Waals surface area contributed by atoms with Gasteiger partial charge < -0.3 is 14.6 Å². The molecule has 1 saturated heterocycles. The van der Waals surface area contributed by atoms with Crippen LogP contribution in [-0.2, 0) is 9.59 Å². The number of aryl methyl sites for hydroxylation is 1. The van der Waals surface area contributed by atoms with Crippen molar-refractivity contribution in [3.8, 4) is 11.5 Å². The number of ketones is 2. The summed E-state index contributed by atoms with van der Waals surface area (Å²) in [5.74, 6) is -0.868. The fourth-order valence-corrected chi connectivity index (χ4v) is 5.56. The molecule has 1 N–H and O–H groups in total. The molecule has 1 aromatic heterocycles. The van der Waals surface area contributed by atoms with Gasteiger partial charge in [-0.3, -0.25) is 19.3 Å². The molecule has 0 radical (unpaired) electrons. The van der Waals surface area contributed by atoms with Gasteiger partial charge in [-0.1, -0.05) is 49.4 Å². The summed E-state index contributed by atoms with van der Waals surface area (Å²) in [6.45, 7) is 8.06. The molecule has 9 heteroatoms. The molecular formula is C28H26N2O6S. The van der Waals surface area contributed by atoms with Crippen LogP contribution in [0.2, 0.25) is 0 Å². The maximum atomic E-state index is 13.4. The number of aliphatic hydroxyl groups is 1. The number of anilines is 1. The molecule has 190 valence electrons. The Bertz CT molecular complexity index is 1450. The van der Waals surface area contributed by atoms with Crippen LogP contribution in [0.1, 0.15) is 64.8 Å². The number of Topliss-reactive ketones (excluding diaryl/α,β-unsaturated/α-hetero) is 2. The van der Waals surface area contributed by atoms with Crippen molar-refractivity contribution in [3.05, 3.63) is 75.3 Å². The van der Waals surface area contributed by atoms with Crippen molar-refractivity contribution in [2.75, 3.05) is 18.1 Å². The van der Waals surface area contributed by atoms with Crippen molar-refractivity contribution >= 4 is 39.7 Å². The smallest absolute Gasteiger partial charge is 0.301 e. The minimum Gasteiger partial charge on any atom is -0.507 e. The number of amides is 1. The summed E-state index contributed by atoms with van der Waals surface area (Å²) >= 11 is 1.06. The number of rotatable bonds is 5. The quantitative estimate of drug-likeness (QED) is 0.215. The van der Waals surface area contributed by atoms with E-state index in [1.807, 2.05) is 24.3 Å².